The molecule has 4 aromatic rings. The summed E-state index contributed by atoms with van der Waals surface area (Å²) in [5, 5.41) is 2.77. The average Bonchev–Trinajstić information content (AvgIpc) is 3.00. The molecule has 1 fully saturated rings. The fraction of sp³-hybridized carbons (Fsp3) is 0.421. The third-order valence-corrected chi connectivity index (χ3v) is 9.24. The maximum atomic E-state index is 2.62. The summed E-state index contributed by atoms with van der Waals surface area (Å²) >= 11 is 0. The third-order valence-electron chi connectivity index (χ3n) is 9.24. The second kappa shape index (κ2) is 13.0. The molecule has 216 valence electrons. The molecule has 0 spiro atoms. The summed E-state index contributed by atoms with van der Waals surface area (Å²) < 4.78 is 0. The molecule has 3 heteroatoms. The first-order valence-electron chi connectivity index (χ1n) is 16.0. The fourth-order valence-corrected chi connectivity index (χ4v) is 6.89. The Bertz CT molecular complexity index is 1440. The van der Waals surface area contributed by atoms with Crippen molar-refractivity contribution in [1.82, 2.24) is 0 Å². The highest BCUT2D eigenvalue weighted by Crippen LogP contribution is 2.42. The van der Waals surface area contributed by atoms with Gasteiger partial charge in [0.25, 0.3) is 0 Å². The lowest BCUT2D eigenvalue weighted by atomic mass is 9.80. The van der Waals surface area contributed by atoms with E-state index in [4.69, 9.17) is 0 Å². The zero-order valence-corrected chi connectivity index (χ0v) is 26.2. The molecule has 0 bridgehead atoms. The summed E-state index contributed by atoms with van der Waals surface area (Å²) in [4.78, 5) is 7.48. The quantitative estimate of drug-likeness (QED) is 0.183. The van der Waals surface area contributed by atoms with Crippen LogP contribution in [-0.4, -0.2) is 39.3 Å². The van der Waals surface area contributed by atoms with Gasteiger partial charge in [0.05, 0.1) is 0 Å². The number of rotatable bonds is 10. The lowest BCUT2D eigenvalue weighted by Crippen LogP contribution is -2.29. The minimum absolute atomic E-state index is 0.159. The van der Waals surface area contributed by atoms with Crippen molar-refractivity contribution in [2.75, 3.05) is 54.0 Å². The predicted octanol–water partition coefficient (Wildman–Crippen LogP) is 9.32. The van der Waals surface area contributed by atoms with Crippen LogP contribution in [0.4, 0.5) is 17.1 Å². The van der Waals surface area contributed by atoms with Crippen LogP contribution in [0.5, 0.6) is 0 Å². The molecule has 1 unspecified atom stereocenters. The Morgan fingerprint density at radius 1 is 0.610 bits per heavy atom. The van der Waals surface area contributed by atoms with Crippen LogP contribution < -0.4 is 14.7 Å². The standard InChI is InChI=1S/C38H49N3/c1-7-39(8-2)31-17-15-30(16-18-31)38(33-21-19-32(27-29(33)6)40(9-3)10-4)35-22-23-37(41-24-12-11-13-25-41)36-26-28(5)14-20-34(35)36/h14-23,26-27,38H,7-13,24-25H2,1-6H3. The van der Waals surface area contributed by atoms with Gasteiger partial charge in [0, 0.05) is 67.6 Å². The fourth-order valence-electron chi connectivity index (χ4n) is 6.89. The van der Waals surface area contributed by atoms with E-state index in [0.29, 0.717) is 0 Å². The highest BCUT2D eigenvalue weighted by molar-refractivity contribution is 5.98. The van der Waals surface area contributed by atoms with Gasteiger partial charge in [-0.25, -0.2) is 0 Å². The summed E-state index contributed by atoms with van der Waals surface area (Å²) in [6.07, 6.45) is 3.92. The number of fused-ring (bicyclic) bond motifs is 1. The van der Waals surface area contributed by atoms with Crippen molar-refractivity contribution in [2.45, 2.75) is 66.7 Å². The maximum Gasteiger partial charge on any atom is 0.0446 e. The lowest BCUT2D eigenvalue weighted by molar-refractivity contribution is 0.579. The molecular formula is C38H49N3. The molecule has 0 aromatic heterocycles. The number of benzene rings is 4. The van der Waals surface area contributed by atoms with E-state index >= 15 is 0 Å². The number of anilines is 3. The Kier molecular flexibility index (Phi) is 9.22. The van der Waals surface area contributed by atoms with Crippen LogP contribution in [0.15, 0.2) is 72.8 Å². The molecule has 0 saturated carbocycles. The molecule has 1 atom stereocenters. The molecule has 1 aliphatic rings. The van der Waals surface area contributed by atoms with Crippen LogP contribution in [0.3, 0.4) is 0 Å². The zero-order chi connectivity index (χ0) is 28.9. The molecule has 0 aliphatic carbocycles. The van der Waals surface area contributed by atoms with Crippen molar-refractivity contribution in [3.63, 3.8) is 0 Å². The van der Waals surface area contributed by atoms with Crippen LogP contribution in [0.1, 0.15) is 80.7 Å². The van der Waals surface area contributed by atoms with Gasteiger partial charge in [-0.05, 0) is 125 Å². The first-order chi connectivity index (χ1) is 20.0. The van der Waals surface area contributed by atoms with Crippen molar-refractivity contribution in [2.24, 2.45) is 0 Å². The van der Waals surface area contributed by atoms with Gasteiger partial charge in [-0.2, -0.15) is 0 Å². The van der Waals surface area contributed by atoms with E-state index in [1.54, 1.807) is 0 Å². The van der Waals surface area contributed by atoms with E-state index in [2.05, 4.69) is 129 Å². The summed E-state index contributed by atoms with van der Waals surface area (Å²) in [5.74, 6) is 0.159. The number of hydrogen-bond acceptors (Lipinski definition) is 3. The zero-order valence-electron chi connectivity index (χ0n) is 26.2. The second-order valence-corrected chi connectivity index (χ2v) is 11.7. The van der Waals surface area contributed by atoms with Crippen LogP contribution >= 0.6 is 0 Å². The van der Waals surface area contributed by atoms with Crippen LogP contribution in [0, 0.1) is 13.8 Å². The Morgan fingerprint density at radius 3 is 1.85 bits per heavy atom. The van der Waals surface area contributed by atoms with E-state index in [-0.39, 0.29) is 5.92 Å². The van der Waals surface area contributed by atoms with E-state index < -0.39 is 0 Å². The van der Waals surface area contributed by atoms with Crippen molar-refractivity contribution >= 4 is 27.8 Å². The van der Waals surface area contributed by atoms with E-state index in [9.17, 15) is 0 Å². The minimum atomic E-state index is 0.159. The Balaban J connectivity index is 1.69. The van der Waals surface area contributed by atoms with E-state index in [1.807, 2.05) is 0 Å². The highest BCUT2D eigenvalue weighted by Gasteiger charge is 2.24. The summed E-state index contributed by atoms with van der Waals surface area (Å²) in [5.41, 5.74) is 10.8. The molecule has 0 N–H and O–H groups in total. The third kappa shape index (κ3) is 5.96. The SMILES string of the molecule is CCN(CC)c1ccc(C(c2ccc(N(CC)CC)cc2C)c2ccc(N3CCCCC3)c3cc(C)ccc23)cc1. The van der Waals surface area contributed by atoms with Crippen molar-refractivity contribution in [1.29, 1.82) is 0 Å². The number of hydrogen-bond donors (Lipinski definition) is 0. The van der Waals surface area contributed by atoms with Gasteiger partial charge < -0.3 is 14.7 Å². The normalized spacial score (nSPS) is 14.3. The van der Waals surface area contributed by atoms with Crippen LogP contribution in [0.2, 0.25) is 0 Å². The molecule has 3 nitrogen and oxygen atoms in total. The maximum absolute atomic E-state index is 2.62. The van der Waals surface area contributed by atoms with Crippen LogP contribution in [0.25, 0.3) is 10.8 Å². The molecule has 5 rings (SSSR count). The van der Waals surface area contributed by atoms with Gasteiger partial charge in [0.15, 0.2) is 0 Å². The number of aryl methyl sites for hydroxylation is 2. The smallest absolute Gasteiger partial charge is 0.0446 e. The molecule has 0 amide bonds. The number of piperidine rings is 1. The van der Waals surface area contributed by atoms with Crippen molar-refractivity contribution in [3.05, 3.63) is 101 Å². The van der Waals surface area contributed by atoms with Crippen LogP contribution in [-0.2, 0) is 0 Å². The topological polar surface area (TPSA) is 9.72 Å². The lowest BCUT2D eigenvalue weighted by Gasteiger charge is -2.31. The summed E-state index contributed by atoms with van der Waals surface area (Å²) in [6.45, 7) is 19.9. The molecule has 1 aliphatic heterocycles. The van der Waals surface area contributed by atoms with Gasteiger partial charge in [-0.15, -0.1) is 0 Å². The van der Waals surface area contributed by atoms with Gasteiger partial charge in [-0.3, -0.25) is 0 Å². The Hall–Kier alpha value is -3.46. The van der Waals surface area contributed by atoms with E-state index in [0.717, 1.165) is 39.3 Å². The largest absolute Gasteiger partial charge is 0.372 e. The monoisotopic (exact) mass is 547 g/mol. The molecule has 1 heterocycles. The number of nitrogens with zero attached hydrogens (tertiary/aromatic N) is 3. The van der Waals surface area contributed by atoms with Gasteiger partial charge in [0.2, 0.25) is 0 Å². The minimum Gasteiger partial charge on any atom is -0.372 e. The first kappa shape index (κ1) is 29.0. The molecule has 41 heavy (non-hydrogen) atoms. The average molecular weight is 548 g/mol. The first-order valence-corrected chi connectivity index (χ1v) is 16.0. The predicted molar refractivity (Wildman–Crippen MR) is 180 cm³/mol. The van der Waals surface area contributed by atoms with Crippen molar-refractivity contribution < 1.29 is 0 Å². The Labute approximate surface area is 248 Å². The van der Waals surface area contributed by atoms with Gasteiger partial charge in [-0.1, -0.05) is 42.0 Å². The van der Waals surface area contributed by atoms with E-state index in [1.165, 1.54) is 74.9 Å². The van der Waals surface area contributed by atoms with Crippen molar-refractivity contribution in [3.8, 4) is 0 Å². The molecule has 1 saturated heterocycles. The summed E-state index contributed by atoms with van der Waals surface area (Å²) in [7, 11) is 0. The van der Waals surface area contributed by atoms with Gasteiger partial charge in [0.1, 0.15) is 0 Å². The summed E-state index contributed by atoms with van der Waals surface area (Å²) in [6, 6.07) is 28.4. The Morgan fingerprint density at radius 2 is 1.22 bits per heavy atom. The second-order valence-electron chi connectivity index (χ2n) is 11.7. The van der Waals surface area contributed by atoms with Gasteiger partial charge >= 0.3 is 0 Å². The molecule has 4 aromatic carbocycles. The molecule has 0 radical (unpaired) electrons. The highest BCUT2D eigenvalue weighted by atomic mass is 15.1. The molecular weight excluding hydrogens is 498 g/mol.